The molecule has 21 heavy (non-hydrogen) atoms. The van der Waals surface area contributed by atoms with Gasteiger partial charge in [-0.1, -0.05) is 29.3 Å². The fourth-order valence-electron chi connectivity index (χ4n) is 2.11. The van der Waals surface area contributed by atoms with Crippen LogP contribution >= 0.6 is 23.2 Å². The van der Waals surface area contributed by atoms with Gasteiger partial charge in [-0.25, -0.2) is 0 Å². The number of nitrogens with zero attached hydrogens (tertiary/aromatic N) is 2. The van der Waals surface area contributed by atoms with Crippen molar-refractivity contribution in [3.63, 3.8) is 0 Å². The first-order chi connectivity index (χ1) is 9.99. The maximum atomic E-state index is 12.0. The van der Waals surface area contributed by atoms with Crippen molar-refractivity contribution in [1.82, 2.24) is 15.1 Å². The Balaban J connectivity index is 1.85. The van der Waals surface area contributed by atoms with E-state index in [4.69, 9.17) is 23.2 Å². The van der Waals surface area contributed by atoms with Crippen molar-refractivity contribution in [2.75, 3.05) is 6.54 Å². The summed E-state index contributed by atoms with van der Waals surface area (Å²) in [6, 6.07) is 7.05. The molecule has 0 saturated carbocycles. The highest BCUT2D eigenvalue weighted by atomic mass is 35.5. The Kier molecular flexibility index (Phi) is 5.26. The van der Waals surface area contributed by atoms with Gasteiger partial charge in [-0.2, -0.15) is 5.10 Å². The summed E-state index contributed by atoms with van der Waals surface area (Å²) in [5.74, 6) is -0.212. The molecule has 0 bridgehead atoms. The molecule has 0 fully saturated rings. The van der Waals surface area contributed by atoms with Gasteiger partial charge in [0.25, 0.3) is 5.91 Å². The fourth-order valence-corrected chi connectivity index (χ4v) is 2.49. The standard InChI is InChI=1S/C15H17Cl2N3O/c1-10-9-11(2)20(19-10)8-4-7-18-15(21)12-5-3-6-13(16)14(12)17/h3,5-6,9H,4,7-8H2,1-2H3,(H,18,21). The Morgan fingerprint density at radius 2 is 2.10 bits per heavy atom. The van der Waals surface area contributed by atoms with Gasteiger partial charge in [-0.3, -0.25) is 9.48 Å². The van der Waals surface area contributed by atoms with Crippen LogP contribution in [-0.4, -0.2) is 22.2 Å². The van der Waals surface area contributed by atoms with Crippen molar-refractivity contribution in [2.45, 2.75) is 26.8 Å². The second-order valence-electron chi connectivity index (χ2n) is 4.86. The summed E-state index contributed by atoms with van der Waals surface area (Å²) in [4.78, 5) is 12.0. The van der Waals surface area contributed by atoms with Crippen molar-refractivity contribution in [3.05, 3.63) is 51.3 Å². The van der Waals surface area contributed by atoms with Crippen molar-refractivity contribution in [3.8, 4) is 0 Å². The number of carbonyl (C=O) groups is 1. The summed E-state index contributed by atoms with van der Waals surface area (Å²) in [5.41, 5.74) is 2.52. The van der Waals surface area contributed by atoms with Crippen molar-refractivity contribution in [1.29, 1.82) is 0 Å². The van der Waals surface area contributed by atoms with E-state index in [9.17, 15) is 4.79 Å². The van der Waals surface area contributed by atoms with Crippen LogP contribution in [-0.2, 0) is 6.54 Å². The first-order valence-electron chi connectivity index (χ1n) is 6.72. The summed E-state index contributed by atoms with van der Waals surface area (Å²) < 4.78 is 1.94. The molecular formula is C15H17Cl2N3O. The monoisotopic (exact) mass is 325 g/mol. The van der Waals surface area contributed by atoms with Gasteiger partial charge < -0.3 is 5.32 Å². The smallest absolute Gasteiger partial charge is 0.252 e. The maximum absolute atomic E-state index is 12.0. The minimum Gasteiger partial charge on any atom is -0.352 e. The molecule has 4 nitrogen and oxygen atoms in total. The molecule has 6 heteroatoms. The Hall–Kier alpha value is -1.52. The Morgan fingerprint density at radius 3 is 2.76 bits per heavy atom. The van der Waals surface area contributed by atoms with Crippen LogP contribution in [0.4, 0.5) is 0 Å². The molecule has 0 aliphatic carbocycles. The number of rotatable bonds is 5. The van der Waals surface area contributed by atoms with Crippen LogP contribution in [0.2, 0.25) is 10.0 Å². The predicted molar refractivity (Wildman–Crippen MR) is 85.1 cm³/mol. The molecule has 0 unspecified atom stereocenters. The molecule has 2 rings (SSSR count). The third kappa shape index (κ3) is 3.99. The molecule has 1 amide bonds. The zero-order chi connectivity index (χ0) is 15.4. The number of benzene rings is 1. The molecule has 1 N–H and O–H groups in total. The normalized spacial score (nSPS) is 10.7. The molecule has 112 valence electrons. The predicted octanol–water partition coefficient (Wildman–Crippen LogP) is 3.63. The Bertz CT molecular complexity index is 652. The first-order valence-corrected chi connectivity index (χ1v) is 7.48. The fraction of sp³-hybridized carbons (Fsp3) is 0.333. The van der Waals surface area contributed by atoms with E-state index in [0.29, 0.717) is 17.1 Å². The zero-order valence-electron chi connectivity index (χ0n) is 12.0. The molecule has 0 spiro atoms. The van der Waals surface area contributed by atoms with E-state index in [1.807, 2.05) is 24.6 Å². The average Bonchev–Trinajstić information content (AvgIpc) is 2.76. The van der Waals surface area contributed by atoms with Crippen molar-refractivity contribution in [2.24, 2.45) is 0 Å². The van der Waals surface area contributed by atoms with E-state index in [1.165, 1.54) is 0 Å². The van der Waals surface area contributed by atoms with Gasteiger partial charge in [0.1, 0.15) is 0 Å². The highest BCUT2D eigenvalue weighted by molar-refractivity contribution is 6.43. The van der Waals surface area contributed by atoms with Gasteiger partial charge in [-0.15, -0.1) is 0 Å². The summed E-state index contributed by atoms with van der Waals surface area (Å²) in [6.45, 7) is 5.31. The molecule has 0 atom stereocenters. The van der Waals surface area contributed by atoms with Gasteiger partial charge in [-0.05, 0) is 38.5 Å². The van der Waals surface area contributed by atoms with Gasteiger partial charge in [0, 0.05) is 18.8 Å². The Labute approximate surface area is 134 Å². The molecule has 0 aliphatic rings. The molecular weight excluding hydrogens is 309 g/mol. The topological polar surface area (TPSA) is 46.9 Å². The second kappa shape index (κ2) is 6.96. The molecule has 1 aromatic carbocycles. The largest absolute Gasteiger partial charge is 0.352 e. The summed E-state index contributed by atoms with van der Waals surface area (Å²) in [6.07, 6.45) is 0.798. The molecule has 1 aromatic heterocycles. The second-order valence-corrected chi connectivity index (χ2v) is 5.65. The molecule has 0 aliphatic heterocycles. The minimum absolute atomic E-state index is 0.212. The maximum Gasteiger partial charge on any atom is 0.252 e. The van der Waals surface area contributed by atoms with E-state index in [2.05, 4.69) is 10.4 Å². The number of carbonyl (C=O) groups excluding carboxylic acids is 1. The lowest BCUT2D eigenvalue weighted by atomic mass is 10.2. The number of amides is 1. The number of aryl methyl sites for hydroxylation is 3. The lowest BCUT2D eigenvalue weighted by Gasteiger charge is -2.08. The van der Waals surface area contributed by atoms with Gasteiger partial charge in [0.05, 0.1) is 21.3 Å². The SMILES string of the molecule is Cc1cc(C)n(CCCNC(=O)c2cccc(Cl)c2Cl)n1. The van der Waals surface area contributed by atoms with Gasteiger partial charge in [0.15, 0.2) is 0 Å². The number of halogens is 2. The van der Waals surface area contributed by atoms with Gasteiger partial charge in [0.2, 0.25) is 0 Å². The summed E-state index contributed by atoms with van der Waals surface area (Å²) in [7, 11) is 0. The van der Waals surface area contributed by atoms with E-state index in [-0.39, 0.29) is 10.9 Å². The molecule has 2 aromatic rings. The zero-order valence-corrected chi connectivity index (χ0v) is 13.5. The highest BCUT2D eigenvalue weighted by Crippen LogP contribution is 2.25. The van der Waals surface area contributed by atoms with Crippen LogP contribution < -0.4 is 5.32 Å². The third-order valence-corrected chi connectivity index (χ3v) is 3.95. The quantitative estimate of drug-likeness (QED) is 0.853. The number of hydrogen-bond donors (Lipinski definition) is 1. The van der Waals surface area contributed by atoms with E-state index in [1.54, 1.807) is 18.2 Å². The third-order valence-electron chi connectivity index (χ3n) is 3.13. The van der Waals surface area contributed by atoms with Crippen molar-refractivity contribution < 1.29 is 4.79 Å². The molecule has 0 radical (unpaired) electrons. The number of hydrogen-bond acceptors (Lipinski definition) is 2. The van der Waals surface area contributed by atoms with Crippen LogP contribution in [0.5, 0.6) is 0 Å². The Morgan fingerprint density at radius 1 is 1.33 bits per heavy atom. The van der Waals surface area contributed by atoms with Crippen LogP contribution in [0, 0.1) is 13.8 Å². The number of aromatic nitrogens is 2. The van der Waals surface area contributed by atoms with E-state index < -0.39 is 0 Å². The summed E-state index contributed by atoms with van der Waals surface area (Å²) >= 11 is 11.9. The number of nitrogens with one attached hydrogen (secondary N) is 1. The average molecular weight is 326 g/mol. The summed E-state index contributed by atoms with van der Waals surface area (Å²) in [5, 5.41) is 7.89. The van der Waals surface area contributed by atoms with Crippen molar-refractivity contribution >= 4 is 29.1 Å². The van der Waals surface area contributed by atoms with Crippen LogP contribution in [0.15, 0.2) is 24.3 Å². The highest BCUT2D eigenvalue weighted by Gasteiger charge is 2.11. The lowest BCUT2D eigenvalue weighted by Crippen LogP contribution is -2.25. The van der Waals surface area contributed by atoms with Crippen LogP contribution in [0.3, 0.4) is 0 Å². The van der Waals surface area contributed by atoms with Gasteiger partial charge >= 0.3 is 0 Å². The molecule has 0 saturated heterocycles. The van der Waals surface area contributed by atoms with E-state index >= 15 is 0 Å². The van der Waals surface area contributed by atoms with E-state index in [0.717, 1.165) is 24.4 Å². The van der Waals surface area contributed by atoms with Crippen LogP contribution in [0.25, 0.3) is 0 Å². The molecule has 1 heterocycles. The first kappa shape index (κ1) is 15.9. The minimum atomic E-state index is -0.212. The van der Waals surface area contributed by atoms with Crippen LogP contribution in [0.1, 0.15) is 28.2 Å². The lowest BCUT2D eigenvalue weighted by molar-refractivity contribution is 0.0952.